The summed E-state index contributed by atoms with van der Waals surface area (Å²) in [7, 11) is 1.40. The van der Waals surface area contributed by atoms with E-state index in [1.165, 1.54) is 77.7 Å². The van der Waals surface area contributed by atoms with Crippen molar-refractivity contribution in [2.75, 3.05) is 13.7 Å². The van der Waals surface area contributed by atoms with Crippen LogP contribution in [0.15, 0.2) is 24.3 Å². The summed E-state index contributed by atoms with van der Waals surface area (Å²) in [6, 6.07) is 7.20. The molecule has 1 aromatic rings. The number of carbonyl (C=O) groups excluding carboxylic acids is 1. The summed E-state index contributed by atoms with van der Waals surface area (Å²) in [5.74, 6) is 2.41. The van der Waals surface area contributed by atoms with Crippen LogP contribution in [0.5, 0.6) is 5.75 Å². The quantitative estimate of drug-likeness (QED) is 0.298. The molecule has 2 rings (SSSR count). The van der Waals surface area contributed by atoms with Crippen LogP contribution < -0.4 is 4.74 Å². The molecule has 0 bridgehead atoms. The molecule has 1 fully saturated rings. The Hall–Kier alpha value is -1.51. The van der Waals surface area contributed by atoms with Gasteiger partial charge in [0.1, 0.15) is 5.75 Å². The van der Waals surface area contributed by atoms with Crippen molar-refractivity contribution in [3.63, 3.8) is 0 Å². The lowest BCUT2D eigenvalue weighted by Crippen LogP contribution is -2.15. The molecule has 0 unspecified atom stereocenters. The van der Waals surface area contributed by atoms with Gasteiger partial charge in [0.15, 0.2) is 0 Å². The fraction of sp³-hybridized carbons (Fsp3) is 0.708. The molecule has 3 heteroatoms. The van der Waals surface area contributed by atoms with E-state index >= 15 is 0 Å². The van der Waals surface area contributed by atoms with Crippen molar-refractivity contribution < 1.29 is 14.3 Å². The molecule has 0 atom stereocenters. The van der Waals surface area contributed by atoms with Gasteiger partial charge in [-0.25, -0.2) is 4.79 Å². The molecule has 0 spiro atoms. The van der Waals surface area contributed by atoms with Gasteiger partial charge in [-0.15, -0.1) is 0 Å². The highest BCUT2D eigenvalue weighted by molar-refractivity contribution is 5.89. The van der Waals surface area contributed by atoms with Crippen molar-refractivity contribution in [2.45, 2.75) is 84.0 Å². The van der Waals surface area contributed by atoms with Crippen LogP contribution in [-0.4, -0.2) is 19.7 Å². The first kappa shape index (κ1) is 21.8. The Morgan fingerprint density at radius 3 is 2.07 bits per heavy atom. The molecule has 3 nitrogen and oxygen atoms in total. The van der Waals surface area contributed by atoms with E-state index in [4.69, 9.17) is 9.47 Å². The summed E-state index contributed by atoms with van der Waals surface area (Å²) in [4.78, 5) is 11.4. The van der Waals surface area contributed by atoms with Crippen LogP contribution in [0.3, 0.4) is 0 Å². The Labute approximate surface area is 165 Å². The Kier molecular flexibility index (Phi) is 10.3. The van der Waals surface area contributed by atoms with Crippen LogP contribution in [0.2, 0.25) is 0 Å². The van der Waals surface area contributed by atoms with Gasteiger partial charge in [0.05, 0.1) is 19.3 Å². The van der Waals surface area contributed by atoms with Crippen molar-refractivity contribution in [3.8, 4) is 5.75 Å². The Balaban J connectivity index is 1.52. The number of methoxy groups -OCH3 is 1. The number of benzene rings is 1. The summed E-state index contributed by atoms with van der Waals surface area (Å²) < 4.78 is 10.5. The molecule has 1 aromatic carbocycles. The highest BCUT2D eigenvalue weighted by Crippen LogP contribution is 2.34. The summed E-state index contributed by atoms with van der Waals surface area (Å²) in [5.41, 5.74) is 0.562. The van der Waals surface area contributed by atoms with Crippen molar-refractivity contribution in [2.24, 2.45) is 11.8 Å². The second-order valence-corrected chi connectivity index (χ2v) is 8.10. The molecule has 1 saturated carbocycles. The number of esters is 1. The zero-order valence-electron chi connectivity index (χ0n) is 17.4. The van der Waals surface area contributed by atoms with Crippen molar-refractivity contribution in [1.29, 1.82) is 0 Å². The molecule has 0 amide bonds. The third-order valence-corrected chi connectivity index (χ3v) is 5.98. The Morgan fingerprint density at radius 1 is 0.889 bits per heavy atom. The van der Waals surface area contributed by atoms with E-state index in [1.54, 1.807) is 12.1 Å². The maximum absolute atomic E-state index is 11.4. The Morgan fingerprint density at radius 2 is 1.48 bits per heavy atom. The fourth-order valence-corrected chi connectivity index (χ4v) is 4.21. The Bertz CT molecular complexity index is 515. The molecular formula is C24H38O3. The van der Waals surface area contributed by atoms with Gasteiger partial charge in [-0.1, -0.05) is 71.1 Å². The van der Waals surface area contributed by atoms with Crippen LogP contribution >= 0.6 is 0 Å². The van der Waals surface area contributed by atoms with Gasteiger partial charge in [0, 0.05) is 0 Å². The van der Waals surface area contributed by atoms with Crippen LogP contribution in [0, 0.1) is 11.8 Å². The molecule has 0 radical (unpaired) electrons. The topological polar surface area (TPSA) is 35.5 Å². The number of ether oxygens (including phenoxy) is 2. The zero-order valence-corrected chi connectivity index (χ0v) is 17.4. The monoisotopic (exact) mass is 374 g/mol. The van der Waals surface area contributed by atoms with Crippen molar-refractivity contribution in [3.05, 3.63) is 29.8 Å². The van der Waals surface area contributed by atoms with Gasteiger partial charge >= 0.3 is 5.97 Å². The SMILES string of the molecule is CCCCCCCC1CCC(CCCOc2ccc(C(=O)OC)cc2)CC1. The third-order valence-electron chi connectivity index (χ3n) is 5.98. The molecule has 27 heavy (non-hydrogen) atoms. The molecule has 0 aliphatic heterocycles. The summed E-state index contributed by atoms with van der Waals surface area (Å²) >= 11 is 0. The average molecular weight is 375 g/mol. The van der Waals surface area contributed by atoms with E-state index in [0.717, 1.165) is 30.6 Å². The van der Waals surface area contributed by atoms with E-state index in [-0.39, 0.29) is 5.97 Å². The first-order valence-corrected chi connectivity index (χ1v) is 11.0. The normalized spacial score (nSPS) is 19.6. The molecule has 0 saturated heterocycles. The number of hydrogen-bond acceptors (Lipinski definition) is 3. The summed E-state index contributed by atoms with van der Waals surface area (Å²) in [5, 5.41) is 0. The predicted octanol–water partition coefficient (Wildman–Crippen LogP) is 6.80. The third kappa shape index (κ3) is 8.36. The zero-order chi connectivity index (χ0) is 19.3. The first-order chi connectivity index (χ1) is 13.2. The average Bonchev–Trinajstić information content (AvgIpc) is 2.72. The molecular weight excluding hydrogens is 336 g/mol. The fourth-order valence-electron chi connectivity index (χ4n) is 4.21. The summed E-state index contributed by atoms with van der Waals surface area (Å²) in [6.45, 7) is 3.04. The molecule has 0 heterocycles. The highest BCUT2D eigenvalue weighted by atomic mass is 16.5. The molecule has 1 aliphatic rings. The van der Waals surface area contributed by atoms with Crippen LogP contribution in [0.25, 0.3) is 0 Å². The van der Waals surface area contributed by atoms with Gasteiger partial charge < -0.3 is 9.47 Å². The number of carbonyl (C=O) groups is 1. The minimum Gasteiger partial charge on any atom is -0.494 e. The van der Waals surface area contributed by atoms with E-state index in [0.29, 0.717) is 5.56 Å². The maximum atomic E-state index is 11.4. The van der Waals surface area contributed by atoms with Crippen molar-refractivity contribution in [1.82, 2.24) is 0 Å². The molecule has 1 aliphatic carbocycles. The van der Waals surface area contributed by atoms with E-state index in [9.17, 15) is 4.79 Å². The smallest absolute Gasteiger partial charge is 0.337 e. The number of unbranched alkanes of at least 4 members (excludes halogenated alkanes) is 4. The van der Waals surface area contributed by atoms with E-state index < -0.39 is 0 Å². The first-order valence-electron chi connectivity index (χ1n) is 11.0. The van der Waals surface area contributed by atoms with Gasteiger partial charge in [0.2, 0.25) is 0 Å². The minimum atomic E-state index is -0.307. The lowest BCUT2D eigenvalue weighted by molar-refractivity contribution is 0.0600. The van der Waals surface area contributed by atoms with Gasteiger partial charge in [-0.2, -0.15) is 0 Å². The second-order valence-electron chi connectivity index (χ2n) is 8.10. The van der Waals surface area contributed by atoms with E-state index in [1.807, 2.05) is 12.1 Å². The number of hydrogen-bond donors (Lipinski definition) is 0. The van der Waals surface area contributed by atoms with Gasteiger partial charge in [-0.3, -0.25) is 0 Å². The highest BCUT2D eigenvalue weighted by Gasteiger charge is 2.20. The standard InChI is InChI=1S/C24H38O3/c1-3-4-5-6-7-9-20-11-13-21(14-12-20)10-8-19-27-23-17-15-22(16-18-23)24(25)26-2/h15-18,20-21H,3-14,19H2,1-2H3. The molecule has 0 aromatic heterocycles. The second kappa shape index (κ2) is 12.8. The van der Waals surface area contributed by atoms with Gasteiger partial charge in [0.25, 0.3) is 0 Å². The molecule has 152 valence electrons. The number of rotatable bonds is 12. The molecule has 0 N–H and O–H groups in total. The van der Waals surface area contributed by atoms with Crippen LogP contribution in [0.1, 0.15) is 94.3 Å². The van der Waals surface area contributed by atoms with Crippen molar-refractivity contribution >= 4 is 5.97 Å². The van der Waals surface area contributed by atoms with Crippen LogP contribution in [-0.2, 0) is 4.74 Å². The maximum Gasteiger partial charge on any atom is 0.337 e. The summed E-state index contributed by atoms with van der Waals surface area (Å²) in [6.07, 6.45) is 16.6. The minimum absolute atomic E-state index is 0.307. The largest absolute Gasteiger partial charge is 0.494 e. The van der Waals surface area contributed by atoms with Crippen LogP contribution in [0.4, 0.5) is 0 Å². The van der Waals surface area contributed by atoms with E-state index in [2.05, 4.69) is 6.92 Å². The lowest BCUT2D eigenvalue weighted by Gasteiger charge is -2.28. The predicted molar refractivity (Wildman–Crippen MR) is 111 cm³/mol. The lowest BCUT2D eigenvalue weighted by atomic mass is 9.78. The van der Waals surface area contributed by atoms with Gasteiger partial charge in [-0.05, 0) is 48.9 Å².